The summed E-state index contributed by atoms with van der Waals surface area (Å²) in [5.74, 6) is -0.936. The van der Waals surface area contributed by atoms with E-state index < -0.39 is 5.82 Å². The highest BCUT2D eigenvalue weighted by Crippen LogP contribution is 2.22. The summed E-state index contributed by atoms with van der Waals surface area (Å²) in [6.45, 7) is 1.44. The number of para-hydroxylation sites is 1. The number of hydrogen-bond acceptors (Lipinski definition) is 3. The summed E-state index contributed by atoms with van der Waals surface area (Å²) in [5.41, 5.74) is 1.83. The van der Waals surface area contributed by atoms with Crippen molar-refractivity contribution in [1.82, 2.24) is 0 Å². The lowest BCUT2D eigenvalue weighted by Crippen LogP contribution is -2.34. The van der Waals surface area contributed by atoms with Gasteiger partial charge in [-0.2, -0.15) is 0 Å². The number of ether oxygens (including phenoxy) is 1. The lowest BCUT2D eigenvalue weighted by atomic mass is 10.1. The summed E-state index contributed by atoms with van der Waals surface area (Å²) in [6.07, 6.45) is 0. The number of rotatable bonds is 7. The van der Waals surface area contributed by atoms with Crippen molar-refractivity contribution in [2.24, 2.45) is 0 Å². The number of amides is 1. The molecular weight excluding hydrogens is 357 g/mol. The minimum Gasteiger partial charge on any atom is -0.483 e. The van der Waals surface area contributed by atoms with Crippen molar-refractivity contribution >= 4 is 17.4 Å². The normalized spacial score (nSPS) is 10.4. The highest BCUT2D eigenvalue weighted by Gasteiger charge is 2.18. The fraction of sp³-hybridized carbons (Fsp3) is 0.130. The van der Waals surface area contributed by atoms with E-state index in [1.807, 2.05) is 60.7 Å². The second kappa shape index (κ2) is 8.95. The molecule has 0 unspecified atom stereocenters. The Morgan fingerprint density at radius 1 is 0.929 bits per heavy atom. The SMILES string of the molecule is CC(=O)c1cc(F)ccc1OCC(=O)N(Cc1ccccc1)c1ccccc1. The Labute approximate surface area is 163 Å². The number of halogens is 1. The van der Waals surface area contributed by atoms with Crippen LogP contribution in [-0.4, -0.2) is 18.3 Å². The third kappa shape index (κ3) is 4.82. The van der Waals surface area contributed by atoms with Crippen molar-refractivity contribution in [3.63, 3.8) is 0 Å². The topological polar surface area (TPSA) is 46.6 Å². The molecule has 3 aromatic carbocycles. The highest BCUT2D eigenvalue weighted by atomic mass is 19.1. The zero-order valence-electron chi connectivity index (χ0n) is 15.5. The van der Waals surface area contributed by atoms with Crippen molar-refractivity contribution in [1.29, 1.82) is 0 Å². The molecule has 28 heavy (non-hydrogen) atoms. The first-order valence-electron chi connectivity index (χ1n) is 8.87. The van der Waals surface area contributed by atoms with E-state index in [4.69, 9.17) is 4.74 Å². The summed E-state index contributed by atoms with van der Waals surface area (Å²) < 4.78 is 19.0. The van der Waals surface area contributed by atoms with Crippen LogP contribution in [0, 0.1) is 5.82 Å². The molecule has 3 rings (SSSR count). The van der Waals surface area contributed by atoms with Crippen LogP contribution in [0.3, 0.4) is 0 Å². The molecule has 0 atom stereocenters. The van der Waals surface area contributed by atoms with Crippen LogP contribution in [0.5, 0.6) is 5.75 Å². The smallest absolute Gasteiger partial charge is 0.265 e. The molecule has 0 fully saturated rings. The van der Waals surface area contributed by atoms with Gasteiger partial charge in [0.1, 0.15) is 11.6 Å². The molecule has 0 bridgehead atoms. The molecule has 0 heterocycles. The number of ketones is 1. The van der Waals surface area contributed by atoms with Gasteiger partial charge >= 0.3 is 0 Å². The minimum absolute atomic E-state index is 0.113. The van der Waals surface area contributed by atoms with E-state index in [-0.39, 0.29) is 29.6 Å². The molecule has 0 aliphatic rings. The van der Waals surface area contributed by atoms with Gasteiger partial charge in [-0.1, -0.05) is 48.5 Å². The van der Waals surface area contributed by atoms with E-state index in [9.17, 15) is 14.0 Å². The summed E-state index contributed by atoms with van der Waals surface area (Å²) in [7, 11) is 0. The average molecular weight is 377 g/mol. The third-order valence-electron chi connectivity index (χ3n) is 4.22. The Bertz CT molecular complexity index is 958. The molecule has 4 nitrogen and oxygen atoms in total. The predicted molar refractivity (Wildman–Crippen MR) is 106 cm³/mol. The molecule has 0 saturated heterocycles. The monoisotopic (exact) mass is 377 g/mol. The van der Waals surface area contributed by atoms with Gasteiger partial charge in [-0.3, -0.25) is 9.59 Å². The second-order valence-corrected chi connectivity index (χ2v) is 6.29. The van der Waals surface area contributed by atoms with Crippen LogP contribution < -0.4 is 9.64 Å². The Morgan fingerprint density at radius 3 is 2.21 bits per heavy atom. The highest BCUT2D eigenvalue weighted by molar-refractivity contribution is 5.97. The Hall–Kier alpha value is -3.47. The molecule has 0 spiro atoms. The molecule has 0 radical (unpaired) electrons. The van der Waals surface area contributed by atoms with Gasteiger partial charge in [0.2, 0.25) is 0 Å². The average Bonchev–Trinajstić information content (AvgIpc) is 2.72. The molecule has 0 aliphatic heterocycles. The van der Waals surface area contributed by atoms with Crippen LogP contribution >= 0.6 is 0 Å². The maximum atomic E-state index is 13.4. The second-order valence-electron chi connectivity index (χ2n) is 6.29. The molecule has 0 saturated carbocycles. The van der Waals surface area contributed by atoms with Crippen molar-refractivity contribution < 1.29 is 18.7 Å². The van der Waals surface area contributed by atoms with Crippen LogP contribution in [0.15, 0.2) is 78.9 Å². The van der Waals surface area contributed by atoms with E-state index in [2.05, 4.69) is 0 Å². The van der Waals surface area contributed by atoms with E-state index in [0.717, 1.165) is 17.3 Å². The fourth-order valence-electron chi connectivity index (χ4n) is 2.82. The largest absolute Gasteiger partial charge is 0.483 e. The van der Waals surface area contributed by atoms with E-state index in [1.54, 1.807) is 4.90 Å². The van der Waals surface area contributed by atoms with Crippen molar-refractivity contribution in [2.45, 2.75) is 13.5 Å². The van der Waals surface area contributed by atoms with Crippen LogP contribution in [0.1, 0.15) is 22.8 Å². The number of anilines is 1. The molecule has 0 aromatic heterocycles. The molecule has 0 aliphatic carbocycles. The van der Waals surface area contributed by atoms with Crippen molar-refractivity contribution in [3.8, 4) is 5.75 Å². The van der Waals surface area contributed by atoms with Gasteiger partial charge in [-0.05, 0) is 42.8 Å². The van der Waals surface area contributed by atoms with Gasteiger partial charge in [0.15, 0.2) is 12.4 Å². The predicted octanol–water partition coefficient (Wildman–Crippen LogP) is 4.64. The molecule has 142 valence electrons. The Kier molecular flexibility index (Phi) is 6.17. The molecule has 3 aromatic rings. The van der Waals surface area contributed by atoms with Gasteiger partial charge in [0.25, 0.3) is 5.91 Å². The lowest BCUT2D eigenvalue weighted by Gasteiger charge is -2.23. The van der Waals surface area contributed by atoms with Crippen LogP contribution in [0.4, 0.5) is 10.1 Å². The fourth-order valence-corrected chi connectivity index (χ4v) is 2.82. The van der Waals surface area contributed by atoms with Crippen molar-refractivity contribution in [3.05, 3.63) is 95.8 Å². The number of Topliss-reactive ketones (excluding diaryl/α,β-unsaturated/α-hetero) is 1. The minimum atomic E-state index is -0.529. The van der Waals surface area contributed by atoms with E-state index in [0.29, 0.717) is 6.54 Å². The van der Waals surface area contributed by atoms with E-state index >= 15 is 0 Å². The third-order valence-corrected chi connectivity index (χ3v) is 4.22. The summed E-state index contributed by atoms with van der Waals surface area (Å²) >= 11 is 0. The number of hydrogen-bond donors (Lipinski definition) is 0. The Balaban J connectivity index is 1.80. The van der Waals surface area contributed by atoms with E-state index in [1.165, 1.54) is 19.1 Å². The molecule has 1 amide bonds. The molecule has 0 N–H and O–H groups in total. The standard InChI is InChI=1S/C23H20FNO3/c1-17(26)21-14-19(24)12-13-22(21)28-16-23(27)25(20-10-6-3-7-11-20)15-18-8-4-2-5-9-18/h2-14H,15-16H2,1H3. The number of nitrogens with zero attached hydrogens (tertiary/aromatic N) is 1. The summed E-state index contributed by atoms with van der Waals surface area (Å²) in [4.78, 5) is 26.2. The van der Waals surface area contributed by atoms with Crippen LogP contribution in [0.2, 0.25) is 0 Å². The Morgan fingerprint density at radius 2 is 1.57 bits per heavy atom. The quantitative estimate of drug-likeness (QED) is 0.564. The van der Waals surface area contributed by atoms with Crippen LogP contribution in [-0.2, 0) is 11.3 Å². The first kappa shape index (κ1) is 19.3. The first-order valence-corrected chi connectivity index (χ1v) is 8.87. The molecular formula is C23H20FNO3. The molecule has 5 heteroatoms. The van der Waals surface area contributed by atoms with Crippen molar-refractivity contribution in [2.75, 3.05) is 11.5 Å². The first-order chi connectivity index (χ1) is 13.5. The number of benzene rings is 3. The van der Waals surface area contributed by atoms with Crippen LogP contribution in [0.25, 0.3) is 0 Å². The van der Waals surface area contributed by atoms with Gasteiger partial charge in [-0.15, -0.1) is 0 Å². The number of carbonyl (C=O) groups excluding carboxylic acids is 2. The summed E-state index contributed by atoms with van der Waals surface area (Å²) in [5, 5.41) is 0. The van der Waals surface area contributed by atoms with Gasteiger partial charge < -0.3 is 9.64 Å². The summed E-state index contributed by atoms with van der Waals surface area (Å²) in [6, 6.07) is 22.6. The van der Waals surface area contributed by atoms with Gasteiger partial charge in [0.05, 0.1) is 12.1 Å². The number of carbonyl (C=O) groups is 2. The maximum Gasteiger partial charge on any atom is 0.265 e. The maximum absolute atomic E-state index is 13.4. The zero-order valence-corrected chi connectivity index (χ0v) is 15.5. The lowest BCUT2D eigenvalue weighted by molar-refractivity contribution is -0.120. The zero-order chi connectivity index (χ0) is 19.9. The van der Waals surface area contributed by atoms with Gasteiger partial charge in [-0.25, -0.2) is 4.39 Å². The van der Waals surface area contributed by atoms with Gasteiger partial charge in [0, 0.05) is 5.69 Å².